The summed E-state index contributed by atoms with van der Waals surface area (Å²) in [6, 6.07) is 3.77. The third-order valence-electron chi connectivity index (χ3n) is 5.74. The van der Waals surface area contributed by atoms with Gasteiger partial charge in [-0.3, -0.25) is 4.90 Å². The Balaban J connectivity index is 2.13. The Hall–Kier alpha value is -0.550. The first kappa shape index (κ1) is 14.9. The molecule has 1 saturated heterocycles. The molecule has 6 unspecified atom stereocenters. The molecule has 0 amide bonds. The lowest BCUT2D eigenvalue weighted by Gasteiger charge is -2.49. The van der Waals surface area contributed by atoms with Crippen molar-refractivity contribution >= 4 is 0 Å². The lowest BCUT2D eigenvalue weighted by molar-refractivity contribution is 0.00119. The smallest absolute Gasteiger partial charge is 0.0672 e. The summed E-state index contributed by atoms with van der Waals surface area (Å²) in [5, 5.41) is 9.49. The molecule has 2 heteroatoms. The Bertz CT molecular complexity index is 333. The Morgan fingerprint density at radius 3 is 2.53 bits per heavy atom. The highest BCUT2D eigenvalue weighted by atomic mass is 15.2. The third-order valence-corrected chi connectivity index (χ3v) is 5.74. The summed E-state index contributed by atoms with van der Waals surface area (Å²) in [6.45, 7) is 10.6. The van der Waals surface area contributed by atoms with Crippen molar-refractivity contribution < 1.29 is 0 Å². The van der Waals surface area contributed by atoms with Gasteiger partial charge in [0.25, 0.3) is 0 Å². The molecule has 108 valence electrons. The van der Waals surface area contributed by atoms with E-state index in [1.807, 2.05) is 0 Å². The van der Waals surface area contributed by atoms with Gasteiger partial charge in [-0.25, -0.2) is 0 Å². The second kappa shape index (κ2) is 6.27. The lowest BCUT2D eigenvalue weighted by Crippen LogP contribution is -2.54. The average Bonchev–Trinajstić information content (AvgIpc) is 2.42. The highest BCUT2D eigenvalue weighted by molar-refractivity contribution is 5.00. The molecule has 19 heavy (non-hydrogen) atoms. The van der Waals surface area contributed by atoms with Gasteiger partial charge in [-0.05, 0) is 50.4 Å². The lowest BCUT2D eigenvalue weighted by atomic mass is 9.74. The minimum atomic E-state index is 0.266. The molecule has 1 saturated carbocycles. The molecule has 2 aliphatic rings. The highest BCUT2D eigenvalue weighted by Gasteiger charge is 2.39. The van der Waals surface area contributed by atoms with E-state index in [4.69, 9.17) is 0 Å². The summed E-state index contributed by atoms with van der Waals surface area (Å²) in [6.07, 6.45) is 6.25. The fraction of sp³-hybridized carbons (Fsp3) is 0.941. The minimum Gasteiger partial charge on any atom is -0.296 e. The molecule has 0 N–H and O–H groups in total. The van der Waals surface area contributed by atoms with Crippen LogP contribution < -0.4 is 0 Å². The van der Waals surface area contributed by atoms with E-state index < -0.39 is 0 Å². The fourth-order valence-corrected chi connectivity index (χ4v) is 4.32. The Labute approximate surface area is 119 Å². The van der Waals surface area contributed by atoms with Crippen LogP contribution in [-0.4, -0.2) is 23.5 Å². The van der Waals surface area contributed by atoms with Crippen molar-refractivity contribution in [1.82, 2.24) is 4.90 Å². The van der Waals surface area contributed by atoms with Crippen LogP contribution in [0.15, 0.2) is 0 Å². The number of rotatable bonds is 2. The first-order chi connectivity index (χ1) is 9.06. The van der Waals surface area contributed by atoms with Gasteiger partial charge in [-0.2, -0.15) is 5.26 Å². The van der Waals surface area contributed by atoms with Gasteiger partial charge in [0.2, 0.25) is 0 Å². The van der Waals surface area contributed by atoms with Crippen LogP contribution >= 0.6 is 0 Å². The standard InChI is InChI=1S/C17H30N2/c1-5-15-6-7-16(10-18)17(9-15)19-11-12(2)8-13(3)14(19)4/h12-17H,5-9,11H2,1-4H3. The fourth-order valence-electron chi connectivity index (χ4n) is 4.32. The van der Waals surface area contributed by atoms with E-state index in [-0.39, 0.29) is 5.92 Å². The van der Waals surface area contributed by atoms with Crippen molar-refractivity contribution in [3.63, 3.8) is 0 Å². The molecular formula is C17H30N2. The monoisotopic (exact) mass is 262 g/mol. The summed E-state index contributed by atoms with van der Waals surface area (Å²) in [7, 11) is 0. The van der Waals surface area contributed by atoms with Crippen LogP contribution in [-0.2, 0) is 0 Å². The second-order valence-electron chi connectivity index (χ2n) is 7.15. The Morgan fingerprint density at radius 1 is 1.16 bits per heavy atom. The maximum absolute atomic E-state index is 9.49. The quantitative estimate of drug-likeness (QED) is 0.750. The molecule has 2 rings (SSSR count). The molecule has 0 bridgehead atoms. The highest BCUT2D eigenvalue weighted by Crippen LogP contribution is 2.38. The minimum absolute atomic E-state index is 0.266. The first-order valence-corrected chi connectivity index (χ1v) is 8.22. The molecule has 0 radical (unpaired) electrons. The topological polar surface area (TPSA) is 27.0 Å². The van der Waals surface area contributed by atoms with Gasteiger partial charge in [0.1, 0.15) is 0 Å². The van der Waals surface area contributed by atoms with Gasteiger partial charge in [-0.15, -0.1) is 0 Å². The number of nitrogens with zero attached hydrogens (tertiary/aromatic N) is 2. The van der Waals surface area contributed by atoms with Crippen molar-refractivity contribution in [3.8, 4) is 6.07 Å². The summed E-state index contributed by atoms with van der Waals surface area (Å²) >= 11 is 0. The van der Waals surface area contributed by atoms with Gasteiger partial charge in [0, 0.05) is 18.6 Å². The van der Waals surface area contributed by atoms with E-state index in [1.165, 1.54) is 32.2 Å². The maximum Gasteiger partial charge on any atom is 0.0672 e. The summed E-state index contributed by atoms with van der Waals surface area (Å²) in [4.78, 5) is 2.69. The molecule has 2 fully saturated rings. The van der Waals surface area contributed by atoms with Crippen LogP contribution in [0, 0.1) is 35.0 Å². The molecule has 0 aromatic heterocycles. The number of nitriles is 1. The predicted molar refractivity (Wildman–Crippen MR) is 79.6 cm³/mol. The van der Waals surface area contributed by atoms with E-state index in [0.29, 0.717) is 12.1 Å². The Morgan fingerprint density at radius 2 is 1.89 bits per heavy atom. The third kappa shape index (κ3) is 3.14. The van der Waals surface area contributed by atoms with Crippen molar-refractivity contribution in [3.05, 3.63) is 0 Å². The summed E-state index contributed by atoms with van der Waals surface area (Å²) in [5.74, 6) is 2.66. The van der Waals surface area contributed by atoms with Gasteiger partial charge >= 0.3 is 0 Å². The van der Waals surface area contributed by atoms with Gasteiger partial charge in [0.15, 0.2) is 0 Å². The number of piperidine rings is 1. The normalized spacial score (nSPS) is 44.8. The van der Waals surface area contributed by atoms with Crippen LogP contribution in [0.25, 0.3) is 0 Å². The van der Waals surface area contributed by atoms with Crippen molar-refractivity contribution in [2.45, 2.75) is 71.9 Å². The van der Waals surface area contributed by atoms with Crippen LogP contribution in [0.3, 0.4) is 0 Å². The van der Waals surface area contributed by atoms with E-state index in [1.54, 1.807) is 0 Å². The first-order valence-electron chi connectivity index (χ1n) is 8.22. The number of likely N-dealkylation sites (tertiary alicyclic amines) is 1. The van der Waals surface area contributed by atoms with Gasteiger partial charge in [0.05, 0.1) is 12.0 Å². The number of hydrogen-bond donors (Lipinski definition) is 0. The van der Waals surface area contributed by atoms with Crippen molar-refractivity contribution in [1.29, 1.82) is 5.26 Å². The molecule has 1 aliphatic heterocycles. The summed E-state index contributed by atoms with van der Waals surface area (Å²) in [5.41, 5.74) is 0. The zero-order chi connectivity index (χ0) is 14.0. The molecule has 2 nitrogen and oxygen atoms in total. The molecular weight excluding hydrogens is 232 g/mol. The van der Waals surface area contributed by atoms with Crippen molar-refractivity contribution in [2.24, 2.45) is 23.7 Å². The molecule has 1 aliphatic carbocycles. The second-order valence-corrected chi connectivity index (χ2v) is 7.15. The molecule has 0 spiro atoms. The van der Waals surface area contributed by atoms with Crippen LogP contribution in [0.2, 0.25) is 0 Å². The molecule has 0 aromatic carbocycles. The van der Waals surface area contributed by atoms with Crippen molar-refractivity contribution in [2.75, 3.05) is 6.54 Å². The van der Waals surface area contributed by atoms with Crippen LogP contribution in [0.5, 0.6) is 0 Å². The Kier molecular flexibility index (Phi) is 4.90. The molecule has 0 aromatic rings. The average molecular weight is 262 g/mol. The largest absolute Gasteiger partial charge is 0.296 e. The number of hydrogen-bond acceptors (Lipinski definition) is 2. The van der Waals surface area contributed by atoms with Crippen LogP contribution in [0.1, 0.15) is 59.8 Å². The maximum atomic E-state index is 9.49. The van der Waals surface area contributed by atoms with E-state index in [2.05, 4.69) is 38.7 Å². The van der Waals surface area contributed by atoms with Gasteiger partial charge < -0.3 is 0 Å². The molecule has 1 heterocycles. The molecule has 6 atom stereocenters. The van der Waals surface area contributed by atoms with E-state index >= 15 is 0 Å². The van der Waals surface area contributed by atoms with E-state index in [9.17, 15) is 5.26 Å². The predicted octanol–water partition coefficient (Wildman–Crippen LogP) is 4.07. The SMILES string of the molecule is CCC1CCC(C#N)C(N2CC(C)CC(C)C2C)C1. The summed E-state index contributed by atoms with van der Waals surface area (Å²) < 4.78 is 0. The zero-order valence-electron chi connectivity index (χ0n) is 13.1. The van der Waals surface area contributed by atoms with Gasteiger partial charge in [-0.1, -0.05) is 27.2 Å². The van der Waals surface area contributed by atoms with E-state index in [0.717, 1.165) is 24.2 Å². The zero-order valence-corrected chi connectivity index (χ0v) is 13.1. The van der Waals surface area contributed by atoms with Crippen LogP contribution in [0.4, 0.5) is 0 Å².